The average molecular weight is 433 g/mol. The van der Waals surface area contributed by atoms with Crippen LogP contribution in [0.25, 0.3) is 0 Å². The quantitative estimate of drug-likeness (QED) is 0.512. The number of alkyl halides is 5. The summed E-state index contributed by atoms with van der Waals surface area (Å²) >= 11 is 0. The zero-order valence-electron chi connectivity index (χ0n) is 16.9. The van der Waals surface area contributed by atoms with Crippen molar-refractivity contribution in [2.45, 2.75) is 46.7 Å². The van der Waals surface area contributed by atoms with Crippen molar-refractivity contribution in [1.82, 2.24) is 14.8 Å². The fraction of sp³-hybridized carbons (Fsp3) is 0.474. The molecule has 2 aromatic rings. The van der Waals surface area contributed by atoms with Crippen molar-refractivity contribution in [2.75, 3.05) is 7.11 Å². The minimum atomic E-state index is -5.23. The van der Waals surface area contributed by atoms with E-state index in [9.17, 15) is 31.5 Å². The molecule has 0 saturated carbocycles. The number of aromatic nitrogens is 3. The van der Waals surface area contributed by atoms with E-state index in [-0.39, 0.29) is 18.0 Å². The first-order valence-electron chi connectivity index (χ1n) is 8.87. The molecule has 0 aliphatic rings. The Hall–Kier alpha value is -2.85. The van der Waals surface area contributed by atoms with Crippen molar-refractivity contribution in [3.05, 3.63) is 45.5 Å². The second kappa shape index (κ2) is 8.49. The number of carbonyl (C=O) groups excluding carboxylic acids is 2. The second-order valence-corrected chi connectivity index (χ2v) is 7.11. The lowest BCUT2D eigenvalue weighted by atomic mass is 9.90. The predicted octanol–water partition coefficient (Wildman–Crippen LogP) is 4.52. The van der Waals surface area contributed by atoms with Crippen molar-refractivity contribution < 1.29 is 36.3 Å². The Kier molecular flexibility index (Phi) is 6.63. The van der Waals surface area contributed by atoms with E-state index in [0.717, 1.165) is 11.8 Å². The Labute approximate surface area is 169 Å². The molecule has 2 aromatic heterocycles. The van der Waals surface area contributed by atoms with Gasteiger partial charge in [0.05, 0.1) is 23.9 Å². The highest BCUT2D eigenvalue weighted by Gasteiger charge is 2.43. The molecule has 2 rings (SSSR count). The Morgan fingerprint density at radius 3 is 2.17 bits per heavy atom. The van der Waals surface area contributed by atoms with Gasteiger partial charge in [-0.25, -0.2) is 23.2 Å². The van der Waals surface area contributed by atoms with Gasteiger partial charge in [0.1, 0.15) is 5.69 Å². The minimum absolute atomic E-state index is 0.235. The van der Waals surface area contributed by atoms with Crippen LogP contribution in [0.3, 0.4) is 0 Å². The van der Waals surface area contributed by atoms with Crippen LogP contribution in [0.15, 0.2) is 6.07 Å². The molecule has 0 atom stereocenters. The van der Waals surface area contributed by atoms with E-state index >= 15 is 0 Å². The van der Waals surface area contributed by atoms with Gasteiger partial charge in [0.25, 0.3) is 12.3 Å². The van der Waals surface area contributed by atoms with Crippen LogP contribution in [0.4, 0.5) is 22.0 Å². The highest BCUT2D eigenvalue weighted by Crippen LogP contribution is 2.38. The number of pyridine rings is 1. The van der Waals surface area contributed by atoms with Gasteiger partial charge in [0.15, 0.2) is 5.69 Å². The van der Waals surface area contributed by atoms with Crippen LogP contribution in [-0.2, 0) is 17.3 Å². The molecule has 2 heterocycles. The average Bonchev–Trinajstić information content (AvgIpc) is 2.96. The van der Waals surface area contributed by atoms with Gasteiger partial charge in [-0.3, -0.25) is 4.79 Å². The first-order chi connectivity index (χ1) is 13.8. The maximum atomic E-state index is 13.8. The molecule has 0 bridgehead atoms. The van der Waals surface area contributed by atoms with Crippen LogP contribution >= 0.6 is 0 Å². The summed E-state index contributed by atoms with van der Waals surface area (Å²) in [6.45, 7) is 6.20. The molecule has 0 saturated heterocycles. The first kappa shape index (κ1) is 23.4. The molecule has 30 heavy (non-hydrogen) atoms. The van der Waals surface area contributed by atoms with Gasteiger partial charge in [0, 0.05) is 5.69 Å². The van der Waals surface area contributed by atoms with E-state index in [2.05, 4.69) is 14.8 Å². The molecule has 0 unspecified atom stereocenters. The molecule has 0 aromatic carbocycles. The van der Waals surface area contributed by atoms with Crippen LogP contribution in [0, 0.1) is 19.8 Å². The number of rotatable bonds is 5. The number of esters is 1. The summed E-state index contributed by atoms with van der Waals surface area (Å²) in [6.07, 6.45) is -9.00. The lowest BCUT2D eigenvalue weighted by Gasteiger charge is -2.21. The fourth-order valence-electron chi connectivity index (χ4n) is 3.13. The maximum absolute atomic E-state index is 13.8. The number of nitrogens with zero attached hydrogens (tertiary/aromatic N) is 3. The number of carbonyl (C=O) groups is 2. The van der Waals surface area contributed by atoms with Crippen molar-refractivity contribution in [2.24, 2.45) is 5.92 Å². The van der Waals surface area contributed by atoms with Crippen LogP contribution < -0.4 is 0 Å². The van der Waals surface area contributed by atoms with Crippen LogP contribution in [-0.4, -0.2) is 33.8 Å². The SMILES string of the molecule is COC(=O)c1c(C(F)F)nc(C(F)(F)F)c(C(=O)n2nc(C)cc2C)c1CC(C)C. The van der Waals surface area contributed by atoms with Crippen LogP contribution in [0.1, 0.15) is 69.3 Å². The molecule has 6 nitrogen and oxygen atoms in total. The third kappa shape index (κ3) is 4.49. The zero-order valence-corrected chi connectivity index (χ0v) is 16.9. The van der Waals surface area contributed by atoms with Crippen molar-refractivity contribution in [3.63, 3.8) is 0 Å². The van der Waals surface area contributed by atoms with Gasteiger partial charge in [0.2, 0.25) is 0 Å². The topological polar surface area (TPSA) is 74.1 Å². The summed E-state index contributed by atoms with van der Waals surface area (Å²) in [5, 5.41) is 3.89. The fourth-order valence-corrected chi connectivity index (χ4v) is 3.13. The second-order valence-electron chi connectivity index (χ2n) is 7.11. The Bertz CT molecular complexity index is 981. The summed E-state index contributed by atoms with van der Waals surface area (Å²) in [6, 6.07) is 1.47. The molecule has 0 amide bonds. The number of ether oxygens (including phenoxy) is 1. The van der Waals surface area contributed by atoms with Crippen LogP contribution in [0.2, 0.25) is 0 Å². The summed E-state index contributed by atoms with van der Waals surface area (Å²) in [7, 11) is 0.900. The molecule has 164 valence electrons. The monoisotopic (exact) mass is 433 g/mol. The van der Waals surface area contributed by atoms with E-state index in [1.54, 1.807) is 13.8 Å². The summed E-state index contributed by atoms with van der Waals surface area (Å²) in [5.74, 6) is -2.90. The predicted molar refractivity (Wildman–Crippen MR) is 95.5 cm³/mol. The molecule has 0 spiro atoms. The zero-order chi connectivity index (χ0) is 23.0. The molecule has 0 aliphatic carbocycles. The third-order valence-corrected chi connectivity index (χ3v) is 4.22. The number of hydrogen-bond acceptors (Lipinski definition) is 5. The standard InChI is InChI=1S/C19H20F5N3O3/c1-8(2)6-11-12(18(29)30-5)14(16(20)21)25-15(19(22,23)24)13(11)17(28)27-10(4)7-9(3)26-27/h7-8,16H,6H2,1-5H3. The maximum Gasteiger partial charge on any atom is 0.434 e. The highest BCUT2D eigenvalue weighted by atomic mass is 19.4. The smallest absolute Gasteiger partial charge is 0.434 e. The summed E-state index contributed by atoms with van der Waals surface area (Å²) in [5.41, 5.74) is -4.89. The van der Waals surface area contributed by atoms with Crippen molar-refractivity contribution in [1.29, 1.82) is 0 Å². The molecule has 0 fully saturated rings. The number of hydrogen-bond donors (Lipinski definition) is 0. The molecule has 11 heteroatoms. The Morgan fingerprint density at radius 2 is 1.77 bits per heavy atom. The van der Waals surface area contributed by atoms with Crippen LogP contribution in [0.5, 0.6) is 0 Å². The van der Waals surface area contributed by atoms with E-state index in [1.807, 2.05) is 0 Å². The van der Waals surface area contributed by atoms with Gasteiger partial charge in [-0.05, 0) is 37.8 Å². The van der Waals surface area contributed by atoms with E-state index in [1.165, 1.54) is 19.9 Å². The molecule has 0 N–H and O–H groups in total. The van der Waals surface area contributed by atoms with E-state index < -0.39 is 52.6 Å². The van der Waals surface area contributed by atoms with Crippen molar-refractivity contribution in [3.8, 4) is 0 Å². The molecule has 0 aliphatic heterocycles. The Morgan fingerprint density at radius 1 is 1.17 bits per heavy atom. The first-order valence-corrected chi connectivity index (χ1v) is 8.87. The summed E-state index contributed by atoms with van der Waals surface area (Å²) < 4.78 is 73.8. The van der Waals surface area contributed by atoms with Gasteiger partial charge < -0.3 is 4.74 Å². The lowest BCUT2D eigenvalue weighted by Crippen LogP contribution is -2.28. The van der Waals surface area contributed by atoms with E-state index in [0.29, 0.717) is 5.69 Å². The summed E-state index contributed by atoms with van der Waals surface area (Å²) in [4.78, 5) is 28.4. The van der Waals surface area contributed by atoms with Gasteiger partial charge in [-0.15, -0.1) is 0 Å². The molecular formula is C19H20F5N3O3. The lowest BCUT2D eigenvalue weighted by molar-refractivity contribution is -0.141. The van der Waals surface area contributed by atoms with Gasteiger partial charge in [-0.2, -0.15) is 18.3 Å². The molecular weight excluding hydrogens is 413 g/mol. The normalized spacial score (nSPS) is 12.0. The Balaban J connectivity index is 3.03. The van der Waals surface area contributed by atoms with Gasteiger partial charge in [-0.1, -0.05) is 13.8 Å². The number of halogens is 5. The highest BCUT2D eigenvalue weighted by molar-refractivity contribution is 6.02. The number of methoxy groups -OCH3 is 1. The van der Waals surface area contributed by atoms with Gasteiger partial charge >= 0.3 is 12.1 Å². The molecule has 0 radical (unpaired) electrons. The van der Waals surface area contributed by atoms with Crippen molar-refractivity contribution >= 4 is 11.9 Å². The number of aryl methyl sites for hydroxylation is 2. The van der Waals surface area contributed by atoms with E-state index in [4.69, 9.17) is 0 Å². The third-order valence-electron chi connectivity index (χ3n) is 4.22. The minimum Gasteiger partial charge on any atom is -0.465 e. The largest absolute Gasteiger partial charge is 0.465 e.